The molecular formula is C14H17N3OS. The van der Waals surface area contributed by atoms with Crippen LogP contribution in [0.25, 0.3) is 0 Å². The second-order valence-electron chi connectivity index (χ2n) is 3.85. The number of hydrogen-bond acceptors (Lipinski definition) is 5. The Morgan fingerprint density at radius 2 is 2.11 bits per heavy atom. The van der Waals surface area contributed by atoms with E-state index in [4.69, 9.17) is 10.00 Å². The summed E-state index contributed by atoms with van der Waals surface area (Å²) < 4.78 is 5.09. The predicted octanol–water partition coefficient (Wildman–Crippen LogP) is 2.65. The maximum Gasteiger partial charge on any atom is 0.103 e. The number of hydrogen-bond donors (Lipinski definition) is 0. The number of anilines is 1. The summed E-state index contributed by atoms with van der Waals surface area (Å²) in [5, 5.41) is 18.1. The molecule has 0 saturated carbocycles. The van der Waals surface area contributed by atoms with Gasteiger partial charge in [0.15, 0.2) is 0 Å². The molecule has 0 aromatic heterocycles. The van der Waals surface area contributed by atoms with E-state index in [2.05, 4.69) is 12.1 Å². The van der Waals surface area contributed by atoms with Crippen molar-refractivity contribution in [2.75, 3.05) is 38.0 Å². The van der Waals surface area contributed by atoms with Crippen LogP contribution >= 0.6 is 11.8 Å². The Labute approximate surface area is 118 Å². The van der Waals surface area contributed by atoms with Crippen LogP contribution in [-0.4, -0.2) is 33.1 Å². The molecule has 1 rings (SSSR count). The highest BCUT2D eigenvalue weighted by molar-refractivity contribution is 7.98. The Balaban J connectivity index is 3.07. The van der Waals surface area contributed by atoms with Gasteiger partial charge in [0.05, 0.1) is 30.3 Å². The number of benzene rings is 1. The summed E-state index contributed by atoms with van der Waals surface area (Å²) in [6.45, 7) is 1.84. The molecule has 1 aromatic rings. The summed E-state index contributed by atoms with van der Waals surface area (Å²) in [6.07, 6.45) is 2.38. The Morgan fingerprint density at radius 1 is 1.32 bits per heavy atom. The monoisotopic (exact) mass is 275 g/mol. The number of thioether (sulfide) groups is 1. The maximum absolute atomic E-state index is 9.34. The van der Waals surface area contributed by atoms with Gasteiger partial charge in [-0.3, -0.25) is 0 Å². The lowest BCUT2D eigenvalue weighted by atomic mass is 10.1. The number of nitrogens with zero attached hydrogens (tertiary/aromatic N) is 3. The van der Waals surface area contributed by atoms with Gasteiger partial charge in [0, 0.05) is 25.1 Å². The van der Waals surface area contributed by atoms with E-state index in [-0.39, 0.29) is 0 Å². The summed E-state index contributed by atoms with van der Waals surface area (Å²) in [4.78, 5) is 2.99. The molecule has 5 heteroatoms. The number of methoxy groups -OCH3 is 1. The molecule has 19 heavy (non-hydrogen) atoms. The first-order valence-electron chi connectivity index (χ1n) is 5.96. The molecular weight excluding hydrogens is 258 g/mol. The maximum atomic E-state index is 9.34. The molecule has 0 heterocycles. The van der Waals surface area contributed by atoms with Crippen LogP contribution in [0.1, 0.15) is 12.0 Å². The van der Waals surface area contributed by atoms with E-state index in [9.17, 15) is 5.26 Å². The van der Waals surface area contributed by atoms with E-state index in [1.807, 2.05) is 29.4 Å². The highest BCUT2D eigenvalue weighted by atomic mass is 32.2. The Morgan fingerprint density at radius 3 is 2.68 bits per heavy atom. The van der Waals surface area contributed by atoms with Crippen LogP contribution in [0.2, 0.25) is 0 Å². The van der Waals surface area contributed by atoms with Crippen LogP contribution in [0, 0.1) is 22.7 Å². The van der Waals surface area contributed by atoms with E-state index in [1.54, 1.807) is 18.9 Å². The van der Waals surface area contributed by atoms with Crippen molar-refractivity contribution in [3.8, 4) is 12.1 Å². The summed E-state index contributed by atoms with van der Waals surface area (Å²) in [5.74, 6) is 0. The van der Waals surface area contributed by atoms with Crippen molar-refractivity contribution in [3.05, 3.63) is 23.8 Å². The third-order valence-electron chi connectivity index (χ3n) is 2.74. The van der Waals surface area contributed by atoms with E-state index in [0.29, 0.717) is 31.7 Å². The van der Waals surface area contributed by atoms with Crippen LogP contribution < -0.4 is 4.90 Å². The molecule has 100 valence electrons. The fourth-order valence-corrected chi connectivity index (χ4v) is 2.37. The average molecular weight is 275 g/mol. The molecule has 0 unspecified atom stereocenters. The van der Waals surface area contributed by atoms with Crippen LogP contribution in [0.4, 0.5) is 5.69 Å². The van der Waals surface area contributed by atoms with Crippen molar-refractivity contribution in [3.63, 3.8) is 0 Å². The molecule has 1 aromatic carbocycles. The van der Waals surface area contributed by atoms with Crippen LogP contribution in [0.15, 0.2) is 23.1 Å². The Bertz CT molecular complexity index is 490. The van der Waals surface area contributed by atoms with Gasteiger partial charge in [-0.15, -0.1) is 11.8 Å². The van der Waals surface area contributed by atoms with Crippen molar-refractivity contribution in [2.24, 2.45) is 0 Å². The second kappa shape index (κ2) is 8.42. The number of rotatable bonds is 7. The molecule has 0 bridgehead atoms. The minimum atomic E-state index is 0.429. The highest BCUT2D eigenvalue weighted by Crippen LogP contribution is 2.29. The van der Waals surface area contributed by atoms with Gasteiger partial charge < -0.3 is 9.64 Å². The standard InChI is InChI=1S/C14H17N3OS/c1-18-10-9-17(8-4-7-15)13-5-3-6-14(19-2)12(13)11-16/h3,5-6H,4,8-10H2,1-2H3. The summed E-state index contributed by atoms with van der Waals surface area (Å²) in [5.41, 5.74) is 1.55. The first-order valence-corrected chi connectivity index (χ1v) is 7.18. The van der Waals surface area contributed by atoms with E-state index in [1.165, 1.54) is 0 Å². The van der Waals surface area contributed by atoms with Crippen molar-refractivity contribution in [1.29, 1.82) is 10.5 Å². The van der Waals surface area contributed by atoms with Crippen molar-refractivity contribution >= 4 is 17.4 Å². The van der Waals surface area contributed by atoms with Gasteiger partial charge in [0.2, 0.25) is 0 Å². The molecule has 0 saturated heterocycles. The van der Waals surface area contributed by atoms with Crippen molar-refractivity contribution < 1.29 is 4.74 Å². The van der Waals surface area contributed by atoms with Crippen molar-refractivity contribution in [1.82, 2.24) is 0 Å². The molecule has 0 atom stereocenters. The van der Waals surface area contributed by atoms with Gasteiger partial charge in [-0.2, -0.15) is 10.5 Å². The van der Waals surface area contributed by atoms with Gasteiger partial charge in [-0.1, -0.05) is 6.07 Å². The zero-order valence-corrected chi connectivity index (χ0v) is 12.0. The molecule has 0 aliphatic heterocycles. The average Bonchev–Trinajstić information content (AvgIpc) is 2.46. The molecule has 0 aliphatic carbocycles. The lowest BCUT2D eigenvalue weighted by molar-refractivity contribution is 0.205. The van der Waals surface area contributed by atoms with Gasteiger partial charge in [0.1, 0.15) is 6.07 Å². The third-order valence-corrected chi connectivity index (χ3v) is 3.52. The third kappa shape index (κ3) is 4.17. The van der Waals surface area contributed by atoms with Crippen LogP contribution in [-0.2, 0) is 4.74 Å². The molecule has 0 aliphatic rings. The normalized spacial score (nSPS) is 9.68. The molecule has 4 nitrogen and oxygen atoms in total. The quantitative estimate of drug-likeness (QED) is 0.716. The Kier molecular flexibility index (Phi) is 6.81. The highest BCUT2D eigenvalue weighted by Gasteiger charge is 2.13. The fourth-order valence-electron chi connectivity index (χ4n) is 1.80. The largest absolute Gasteiger partial charge is 0.383 e. The summed E-state index contributed by atoms with van der Waals surface area (Å²) in [7, 11) is 1.64. The molecule has 0 spiro atoms. The SMILES string of the molecule is COCCN(CCC#N)c1cccc(SC)c1C#N. The zero-order chi connectivity index (χ0) is 14.1. The molecule has 0 amide bonds. The van der Waals surface area contributed by atoms with Gasteiger partial charge >= 0.3 is 0 Å². The summed E-state index contributed by atoms with van der Waals surface area (Å²) >= 11 is 1.55. The van der Waals surface area contributed by atoms with Crippen LogP contribution in [0.3, 0.4) is 0 Å². The zero-order valence-electron chi connectivity index (χ0n) is 11.2. The van der Waals surface area contributed by atoms with E-state index >= 15 is 0 Å². The minimum absolute atomic E-state index is 0.429. The lowest BCUT2D eigenvalue weighted by Crippen LogP contribution is -2.29. The molecule has 0 N–H and O–H groups in total. The first kappa shape index (κ1) is 15.4. The van der Waals surface area contributed by atoms with Gasteiger partial charge in [-0.05, 0) is 18.4 Å². The molecule has 0 fully saturated rings. The number of nitriles is 2. The predicted molar refractivity (Wildman–Crippen MR) is 77.3 cm³/mol. The lowest BCUT2D eigenvalue weighted by Gasteiger charge is -2.25. The topological polar surface area (TPSA) is 60.0 Å². The fraction of sp³-hybridized carbons (Fsp3) is 0.429. The minimum Gasteiger partial charge on any atom is -0.383 e. The van der Waals surface area contributed by atoms with E-state index in [0.717, 1.165) is 10.6 Å². The van der Waals surface area contributed by atoms with E-state index < -0.39 is 0 Å². The van der Waals surface area contributed by atoms with Crippen molar-refractivity contribution in [2.45, 2.75) is 11.3 Å². The van der Waals surface area contributed by atoms with Crippen LogP contribution in [0.5, 0.6) is 0 Å². The van der Waals surface area contributed by atoms with Gasteiger partial charge in [-0.25, -0.2) is 0 Å². The first-order chi connectivity index (χ1) is 9.28. The van der Waals surface area contributed by atoms with Gasteiger partial charge in [0.25, 0.3) is 0 Å². The second-order valence-corrected chi connectivity index (χ2v) is 4.70. The molecule has 0 radical (unpaired) electrons. The summed E-state index contributed by atoms with van der Waals surface area (Å²) in [6, 6.07) is 10.2. The smallest absolute Gasteiger partial charge is 0.103 e. The number of ether oxygens (including phenoxy) is 1. The Hall–Kier alpha value is -1.69.